The molecule has 0 radical (unpaired) electrons. The summed E-state index contributed by atoms with van der Waals surface area (Å²) in [5.41, 5.74) is -0.972. The molecule has 0 spiro atoms. The zero-order valence-electron chi connectivity index (χ0n) is 11.9. The van der Waals surface area contributed by atoms with Gasteiger partial charge in [-0.2, -0.15) is 22.0 Å². The molecule has 0 aliphatic heterocycles. The molecule has 1 nitrogen and oxygen atoms in total. The van der Waals surface area contributed by atoms with Crippen molar-refractivity contribution in [2.75, 3.05) is 11.4 Å². The summed E-state index contributed by atoms with van der Waals surface area (Å²) in [5, 5.41) is 0. The molecule has 1 rings (SSSR count). The highest BCUT2D eigenvalue weighted by Gasteiger charge is 2.62. The third-order valence-electron chi connectivity index (χ3n) is 3.12. The van der Waals surface area contributed by atoms with Gasteiger partial charge in [0, 0.05) is 12.6 Å². The Balaban J connectivity index is 3.10. The first-order chi connectivity index (χ1) is 10.1. The van der Waals surface area contributed by atoms with Crippen LogP contribution in [0.5, 0.6) is 0 Å². The zero-order valence-corrected chi connectivity index (χ0v) is 11.9. The van der Waals surface area contributed by atoms with Gasteiger partial charge in [0.1, 0.15) is 11.6 Å². The molecule has 0 N–H and O–H groups in total. The normalized spacial score (nSPS) is 12.5. The lowest BCUT2D eigenvalue weighted by Gasteiger charge is -2.34. The van der Waals surface area contributed by atoms with Crippen molar-refractivity contribution in [1.82, 2.24) is 0 Å². The van der Waals surface area contributed by atoms with Crippen LogP contribution >= 0.6 is 0 Å². The maximum atomic E-state index is 13.6. The molecule has 0 aliphatic rings. The van der Waals surface area contributed by atoms with Crippen molar-refractivity contribution in [3.05, 3.63) is 29.8 Å². The van der Waals surface area contributed by atoms with E-state index in [1.807, 2.05) is 6.92 Å². The Hall–Kier alpha value is -1.47. The van der Waals surface area contributed by atoms with Gasteiger partial charge in [0.2, 0.25) is 0 Å². The van der Waals surface area contributed by atoms with Gasteiger partial charge in [0.25, 0.3) is 0 Å². The summed E-state index contributed by atoms with van der Waals surface area (Å²) in [7, 11) is 0. The molecule has 8 heteroatoms. The van der Waals surface area contributed by atoms with E-state index in [4.69, 9.17) is 0 Å². The number of rotatable bonds is 7. The van der Waals surface area contributed by atoms with Crippen LogP contribution in [0.1, 0.15) is 32.6 Å². The average molecular weight is 331 g/mol. The predicted octanol–water partition coefficient (Wildman–Crippen LogP) is 5.51. The standard InChI is InChI=1S/C14H16F7N/c1-2-3-4-5-8-22(14(20,21)13(17,18)19)12-7-6-10(15)9-11(12)16/h6-7,9H,2-5,8H2,1H3. The molecule has 22 heavy (non-hydrogen) atoms. The highest BCUT2D eigenvalue weighted by Crippen LogP contribution is 2.41. The number of unbranched alkanes of at least 4 members (excludes halogenated alkanes) is 3. The first-order valence-electron chi connectivity index (χ1n) is 6.78. The number of anilines is 1. The Morgan fingerprint density at radius 1 is 0.955 bits per heavy atom. The quantitative estimate of drug-likeness (QED) is 0.362. The van der Waals surface area contributed by atoms with Crippen LogP contribution < -0.4 is 4.90 Å². The summed E-state index contributed by atoms with van der Waals surface area (Å²) >= 11 is 0. The molecule has 0 heterocycles. The summed E-state index contributed by atoms with van der Waals surface area (Å²) in [6.07, 6.45) is -3.96. The fourth-order valence-electron chi connectivity index (χ4n) is 1.96. The van der Waals surface area contributed by atoms with Crippen molar-refractivity contribution in [2.45, 2.75) is 44.8 Å². The second kappa shape index (κ2) is 7.19. The minimum atomic E-state index is -5.86. The molecule has 0 amide bonds. The Labute approximate surface area is 123 Å². The smallest absolute Gasteiger partial charge is 0.303 e. The molecule has 0 bridgehead atoms. The summed E-state index contributed by atoms with van der Waals surface area (Å²) in [4.78, 5) is -0.350. The first-order valence-corrected chi connectivity index (χ1v) is 6.78. The summed E-state index contributed by atoms with van der Waals surface area (Å²) < 4.78 is 91.4. The van der Waals surface area contributed by atoms with Gasteiger partial charge < -0.3 is 4.90 Å². The molecule has 0 aromatic heterocycles. The third kappa shape index (κ3) is 4.27. The molecular formula is C14H16F7N. The highest BCUT2D eigenvalue weighted by atomic mass is 19.4. The minimum absolute atomic E-state index is 0.0380. The maximum absolute atomic E-state index is 13.6. The SMILES string of the molecule is CCCCCCN(c1ccc(F)cc1F)C(F)(F)C(F)(F)F. The average Bonchev–Trinajstić information content (AvgIpc) is 2.38. The summed E-state index contributed by atoms with van der Waals surface area (Å²) in [6.45, 7) is 1.16. The number of nitrogens with zero attached hydrogens (tertiary/aromatic N) is 1. The number of benzene rings is 1. The molecule has 0 saturated carbocycles. The molecule has 0 fully saturated rings. The lowest BCUT2D eigenvalue weighted by Crippen LogP contribution is -2.53. The molecule has 0 unspecified atom stereocenters. The van der Waals surface area contributed by atoms with E-state index in [1.165, 1.54) is 0 Å². The largest absolute Gasteiger partial charge is 0.475 e. The van der Waals surface area contributed by atoms with E-state index in [0.717, 1.165) is 6.42 Å². The van der Waals surface area contributed by atoms with Crippen molar-refractivity contribution in [3.63, 3.8) is 0 Å². The van der Waals surface area contributed by atoms with Gasteiger partial charge in [0.05, 0.1) is 5.69 Å². The van der Waals surface area contributed by atoms with Crippen molar-refractivity contribution < 1.29 is 30.7 Å². The Morgan fingerprint density at radius 2 is 1.59 bits per heavy atom. The van der Waals surface area contributed by atoms with Crippen molar-refractivity contribution in [1.29, 1.82) is 0 Å². The van der Waals surface area contributed by atoms with Gasteiger partial charge >= 0.3 is 12.2 Å². The molecule has 126 valence electrons. The monoisotopic (exact) mass is 331 g/mol. The number of hydrogen-bond acceptors (Lipinski definition) is 1. The first kappa shape index (κ1) is 18.6. The van der Waals surface area contributed by atoms with Gasteiger partial charge in [-0.3, -0.25) is 0 Å². The molecule has 0 atom stereocenters. The van der Waals surface area contributed by atoms with E-state index < -0.39 is 36.1 Å². The maximum Gasteiger partial charge on any atom is 0.475 e. The number of hydrogen-bond donors (Lipinski definition) is 0. The van der Waals surface area contributed by atoms with Gasteiger partial charge in [-0.25, -0.2) is 8.78 Å². The van der Waals surface area contributed by atoms with E-state index in [2.05, 4.69) is 0 Å². The second-order valence-corrected chi connectivity index (χ2v) is 4.85. The van der Waals surface area contributed by atoms with Crippen LogP contribution in [0, 0.1) is 11.6 Å². The van der Waals surface area contributed by atoms with Crippen LogP contribution in [0.4, 0.5) is 36.4 Å². The lowest BCUT2D eigenvalue weighted by atomic mass is 10.1. The fourth-order valence-corrected chi connectivity index (χ4v) is 1.96. The minimum Gasteiger partial charge on any atom is -0.303 e. The van der Waals surface area contributed by atoms with Crippen molar-refractivity contribution in [2.24, 2.45) is 0 Å². The van der Waals surface area contributed by atoms with Gasteiger partial charge in [-0.1, -0.05) is 26.2 Å². The number of alkyl halides is 5. The van der Waals surface area contributed by atoms with Crippen LogP contribution in [0.2, 0.25) is 0 Å². The fraction of sp³-hybridized carbons (Fsp3) is 0.571. The zero-order chi connectivity index (χ0) is 17.0. The van der Waals surface area contributed by atoms with Crippen LogP contribution in [0.3, 0.4) is 0 Å². The summed E-state index contributed by atoms with van der Waals surface area (Å²) in [5.74, 6) is -2.51. The Bertz CT molecular complexity index is 485. The molecule has 1 aromatic carbocycles. The molecule has 0 aliphatic carbocycles. The topological polar surface area (TPSA) is 3.24 Å². The van der Waals surface area contributed by atoms with E-state index in [9.17, 15) is 30.7 Å². The van der Waals surface area contributed by atoms with Gasteiger partial charge in [0.15, 0.2) is 0 Å². The van der Waals surface area contributed by atoms with Crippen LogP contribution in [0.15, 0.2) is 18.2 Å². The van der Waals surface area contributed by atoms with Gasteiger partial charge in [-0.05, 0) is 18.6 Å². The van der Waals surface area contributed by atoms with Crippen molar-refractivity contribution in [3.8, 4) is 0 Å². The molecular weight excluding hydrogens is 315 g/mol. The van der Waals surface area contributed by atoms with Crippen LogP contribution in [0.25, 0.3) is 0 Å². The van der Waals surface area contributed by atoms with Crippen LogP contribution in [-0.2, 0) is 0 Å². The molecule has 1 aromatic rings. The van der Waals surface area contributed by atoms with Crippen molar-refractivity contribution >= 4 is 5.69 Å². The molecule has 0 saturated heterocycles. The summed E-state index contributed by atoms with van der Waals surface area (Å²) in [6, 6.07) is -3.73. The highest BCUT2D eigenvalue weighted by molar-refractivity contribution is 5.49. The number of halogens is 7. The van der Waals surface area contributed by atoms with E-state index in [-0.39, 0.29) is 17.4 Å². The Morgan fingerprint density at radius 3 is 2.09 bits per heavy atom. The van der Waals surface area contributed by atoms with Gasteiger partial charge in [-0.15, -0.1) is 0 Å². The van der Waals surface area contributed by atoms with E-state index >= 15 is 0 Å². The van der Waals surface area contributed by atoms with E-state index in [0.29, 0.717) is 25.0 Å². The van der Waals surface area contributed by atoms with E-state index in [1.54, 1.807) is 0 Å². The third-order valence-corrected chi connectivity index (χ3v) is 3.12. The lowest BCUT2D eigenvalue weighted by molar-refractivity contribution is -0.281. The Kier molecular flexibility index (Phi) is 6.08. The van der Waals surface area contributed by atoms with Crippen LogP contribution in [-0.4, -0.2) is 18.8 Å². The second-order valence-electron chi connectivity index (χ2n) is 4.85. The predicted molar refractivity (Wildman–Crippen MR) is 68.8 cm³/mol.